The zero-order chi connectivity index (χ0) is 17.0. The molecule has 0 heterocycles. The number of halogens is 4. The summed E-state index contributed by atoms with van der Waals surface area (Å²) < 4.78 is 55.3. The summed E-state index contributed by atoms with van der Waals surface area (Å²) >= 11 is 0. The lowest BCUT2D eigenvalue weighted by Gasteiger charge is -2.18. The SMILES string of the molecule is COC(=O)C(Nc1ccc(F)cc1)c1ccc(C(F)(F)F)cc1. The van der Waals surface area contributed by atoms with Gasteiger partial charge in [-0.3, -0.25) is 0 Å². The molecule has 1 N–H and O–H groups in total. The quantitative estimate of drug-likeness (QED) is 0.676. The summed E-state index contributed by atoms with van der Waals surface area (Å²) in [6.45, 7) is 0. The van der Waals surface area contributed by atoms with Crippen molar-refractivity contribution < 1.29 is 27.1 Å². The Morgan fingerprint density at radius 2 is 1.61 bits per heavy atom. The monoisotopic (exact) mass is 327 g/mol. The molecule has 2 aromatic carbocycles. The van der Waals surface area contributed by atoms with E-state index < -0.39 is 29.6 Å². The minimum absolute atomic E-state index is 0.300. The first kappa shape index (κ1) is 16.8. The normalized spacial score (nSPS) is 12.6. The summed E-state index contributed by atoms with van der Waals surface area (Å²) in [6.07, 6.45) is -4.45. The number of carbonyl (C=O) groups is 1. The van der Waals surface area contributed by atoms with Gasteiger partial charge in [0, 0.05) is 5.69 Å². The molecule has 2 rings (SSSR count). The Hall–Kier alpha value is -2.57. The smallest absolute Gasteiger partial charge is 0.416 e. The third-order valence-electron chi connectivity index (χ3n) is 3.16. The maximum Gasteiger partial charge on any atom is 0.416 e. The van der Waals surface area contributed by atoms with Crippen molar-refractivity contribution in [2.45, 2.75) is 12.2 Å². The van der Waals surface area contributed by atoms with Gasteiger partial charge in [0.05, 0.1) is 12.7 Å². The van der Waals surface area contributed by atoms with Crippen molar-refractivity contribution in [3.05, 3.63) is 65.5 Å². The van der Waals surface area contributed by atoms with E-state index in [-0.39, 0.29) is 0 Å². The van der Waals surface area contributed by atoms with E-state index in [0.29, 0.717) is 11.3 Å². The highest BCUT2D eigenvalue weighted by molar-refractivity contribution is 5.81. The number of esters is 1. The number of anilines is 1. The molecule has 0 saturated heterocycles. The minimum atomic E-state index is -4.45. The molecule has 0 aliphatic carbocycles. The van der Waals surface area contributed by atoms with Crippen molar-refractivity contribution in [1.82, 2.24) is 0 Å². The van der Waals surface area contributed by atoms with Gasteiger partial charge >= 0.3 is 12.1 Å². The van der Waals surface area contributed by atoms with Gasteiger partial charge < -0.3 is 10.1 Å². The van der Waals surface area contributed by atoms with Gasteiger partial charge in [0.15, 0.2) is 6.04 Å². The first-order chi connectivity index (χ1) is 10.8. The fraction of sp³-hybridized carbons (Fsp3) is 0.188. The molecule has 122 valence electrons. The van der Waals surface area contributed by atoms with Crippen LogP contribution in [0.4, 0.5) is 23.2 Å². The van der Waals surface area contributed by atoms with Crippen molar-refractivity contribution in [2.75, 3.05) is 12.4 Å². The van der Waals surface area contributed by atoms with Crippen LogP contribution in [0.15, 0.2) is 48.5 Å². The average molecular weight is 327 g/mol. The maximum atomic E-state index is 12.9. The van der Waals surface area contributed by atoms with Crippen LogP contribution in [0, 0.1) is 5.82 Å². The molecule has 2 aromatic rings. The molecule has 3 nitrogen and oxygen atoms in total. The Bertz CT molecular complexity index is 666. The van der Waals surface area contributed by atoms with Crippen molar-refractivity contribution in [2.24, 2.45) is 0 Å². The molecule has 0 aliphatic rings. The van der Waals surface area contributed by atoms with Gasteiger partial charge in [0.25, 0.3) is 0 Å². The molecule has 0 saturated carbocycles. The minimum Gasteiger partial charge on any atom is -0.467 e. The van der Waals surface area contributed by atoms with Crippen LogP contribution in [0.2, 0.25) is 0 Å². The van der Waals surface area contributed by atoms with Crippen LogP contribution in [0.5, 0.6) is 0 Å². The summed E-state index contributed by atoms with van der Waals surface area (Å²) in [5, 5.41) is 2.81. The predicted octanol–water partition coefficient (Wildman–Crippen LogP) is 4.17. The fourth-order valence-corrected chi connectivity index (χ4v) is 1.97. The van der Waals surface area contributed by atoms with Gasteiger partial charge in [0.2, 0.25) is 0 Å². The first-order valence-corrected chi connectivity index (χ1v) is 6.58. The van der Waals surface area contributed by atoms with Gasteiger partial charge in [-0.05, 0) is 42.0 Å². The second kappa shape index (κ2) is 6.68. The summed E-state index contributed by atoms with van der Waals surface area (Å²) in [7, 11) is 1.17. The highest BCUT2D eigenvalue weighted by Gasteiger charge is 2.31. The van der Waals surface area contributed by atoms with Crippen LogP contribution >= 0.6 is 0 Å². The molecule has 0 amide bonds. The molecular weight excluding hydrogens is 314 g/mol. The number of benzene rings is 2. The van der Waals surface area contributed by atoms with E-state index >= 15 is 0 Å². The van der Waals surface area contributed by atoms with Crippen molar-refractivity contribution in [3.8, 4) is 0 Å². The summed E-state index contributed by atoms with van der Waals surface area (Å²) in [5.41, 5.74) is -0.0810. The molecule has 0 radical (unpaired) electrons. The predicted molar refractivity (Wildman–Crippen MR) is 76.2 cm³/mol. The lowest BCUT2D eigenvalue weighted by molar-refractivity contribution is -0.141. The summed E-state index contributed by atoms with van der Waals surface area (Å²) in [5.74, 6) is -1.12. The van der Waals surface area contributed by atoms with Gasteiger partial charge in [-0.2, -0.15) is 13.2 Å². The standard InChI is InChI=1S/C16H13F4NO2/c1-23-15(22)14(21-13-8-6-12(17)7-9-13)10-2-4-11(5-3-10)16(18,19)20/h2-9,14,21H,1H3. The van der Waals surface area contributed by atoms with E-state index in [4.69, 9.17) is 0 Å². The average Bonchev–Trinajstić information content (AvgIpc) is 2.53. The molecule has 0 spiro atoms. The molecule has 23 heavy (non-hydrogen) atoms. The molecular formula is C16H13F4NO2. The molecule has 1 atom stereocenters. The Balaban J connectivity index is 2.28. The number of methoxy groups -OCH3 is 1. The Kier molecular flexibility index (Phi) is 4.88. The van der Waals surface area contributed by atoms with Gasteiger partial charge in [0.1, 0.15) is 5.82 Å². The zero-order valence-electron chi connectivity index (χ0n) is 12.0. The van der Waals surface area contributed by atoms with Gasteiger partial charge in [-0.1, -0.05) is 12.1 Å². The van der Waals surface area contributed by atoms with E-state index in [1.807, 2.05) is 0 Å². The van der Waals surface area contributed by atoms with E-state index in [1.165, 1.54) is 43.5 Å². The summed E-state index contributed by atoms with van der Waals surface area (Å²) in [4.78, 5) is 11.9. The Morgan fingerprint density at radius 3 is 2.09 bits per heavy atom. The van der Waals surface area contributed by atoms with E-state index in [0.717, 1.165) is 12.1 Å². The highest BCUT2D eigenvalue weighted by atomic mass is 19.4. The first-order valence-electron chi connectivity index (χ1n) is 6.58. The van der Waals surface area contributed by atoms with Gasteiger partial charge in [-0.25, -0.2) is 9.18 Å². The largest absolute Gasteiger partial charge is 0.467 e. The summed E-state index contributed by atoms with van der Waals surface area (Å²) in [6, 6.07) is 8.38. The molecule has 7 heteroatoms. The Labute approximate surface area is 129 Å². The van der Waals surface area contributed by atoms with Crippen LogP contribution in [0.25, 0.3) is 0 Å². The lowest BCUT2D eigenvalue weighted by atomic mass is 10.0. The lowest BCUT2D eigenvalue weighted by Crippen LogP contribution is -2.22. The second-order valence-electron chi connectivity index (χ2n) is 4.73. The van der Waals surface area contributed by atoms with Crippen LogP contribution in [-0.4, -0.2) is 13.1 Å². The highest BCUT2D eigenvalue weighted by Crippen LogP contribution is 2.30. The number of nitrogens with one attached hydrogen (secondary N) is 1. The molecule has 0 fully saturated rings. The fourth-order valence-electron chi connectivity index (χ4n) is 1.97. The van der Waals surface area contributed by atoms with E-state index in [1.54, 1.807) is 0 Å². The number of rotatable bonds is 4. The maximum absolute atomic E-state index is 12.9. The van der Waals surface area contributed by atoms with E-state index in [9.17, 15) is 22.4 Å². The molecule has 1 unspecified atom stereocenters. The second-order valence-corrected chi connectivity index (χ2v) is 4.73. The van der Waals surface area contributed by atoms with Crippen LogP contribution in [0.1, 0.15) is 17.2 Å². The van der Waals surface area contributed by atoms with Crippen LogP contribution in [-0.2, 0) is 15.7 Å². The van der Waals surface area contributed by atoms with Crippen molar-refractivity contribution >= 4 is 11.7 Å². The number of carbonyl (C=O) groups excluding carboxylic acids is 1. The Morgan fingerprint density at radius 1 is 1.04 bits per heavy atom. The number of ether oxygens (including phenoxy) is 1. The van der Waals surface area contributed by atoms with Crippen LogP contribution in [0.3, 0.4) is 0 Å². The number of hydrogen-bond acceptors (Lipinski definition) is 3. The van der Waals surface area contributed by atoms with Crippen molar-refractivity contribution in [1.29, 1.82) is 0 Å². The third kappa shape index (κ3) is 4.21. The number of hydrogen-bond donors (Lipinski definition) is 1. The van der Waals surface area contributed by atoms with Gasteiger partial charge in [-0.15, -0.1) is 0 Å². The topological polar surface area (TPSA) is 38.3 Å². The van der Waals surface area contributed by atoms with Crippen molar-refractivity contribution in [3.63, 3.8) is 0 Å². The molecule has 0 aromatic heterocycles. The van der Waals surface area contributed by atoms with E-state index in [2.05, 4.69) is 10.1 Å². The zero-order valence-corrected chi connectivity index (χ0v) is 12.0. The molecule has 0 bridgehead atoms. The third-order valence-corrected chi connectivity index (χ3v) is 3.16. The number of alkyl halides is 3. The molecule has 0 aliphatic heterocycles. The van der Waals surface area contributed by atoms with Crippen LogP contribution < -0.4 is 5.32 Å².